The average molecular weight is 294 g/mol. The Morgan fingerprint density at radius 3 is 2.67 bits per heavy atom. The summed E-state index contributed by atoms with van der Waals surface area (Å²) in [6.45, 7) is 4.14. The standard InChI is InChI=1S/C15H22N2O4/c18-10-9-16-5-7-17(8-6-16)15(20)4-11-21-14-3-1-2-13(19)12-14/h1-3,12,18-19H,4-11H2. The minimum absolute atomic E-state index is 0.0822. The number of aliphatic hydroxyl groups excluding tert-OH is 1. The highest BCUT2D eigenvalue weighted by Crippen LogP contribution is 2.17. The Kier molecular flexibility index (Phi) is 5.83. The van der Waals surface area contributed by atoms with E-state index >= 15 is 0 Å². The number of amides is 1. The van der Waals surface area contributed by atoms with Crippen molar-refractivity contribution in [1.29, 1.82) is 0 Å². The lowest BCUT2D eigenvalue weighted by molar-refractivity contribution is -0.133. The summed E-state index contributed by atoms with van der Waals surface area (Å²) in [6.07, 6.45) is 0.329. The lowest BCUT2D eigenvalue weighted by Crippen LogP contribution is -2.49. The molecule has 1 fully saturated rings. The summed E-state index contributed by atoms with van der Waals surface area (Å²) in [5.74, 6) is 0.799. The molecule has 116 valence electrons. The molecule has 2 N–H and O–H groups in total. The normalized spacial score (nSPS) is 16.0. The molecule has 2 rings (SSSR count). The Hall–Kier alpha value is -1.79. The minimum Gasteiger partial charge on any atom is -0.508 e. The van der Waals surface area contributed by atoms with E-state index in [0.717, 1.165) is 13.1 Å². The van der Waals surface area contributed by atoms with E-state index in [0.29, 0.717) is 38.4 Å². The van der Waals surface area contributed by atoms with Crippen LogP contribution in [0.25, 0.3) is 0 Å². The largest absolute Gasteiger partial charge is 0.508 e. The summed E-state index contributed by atoms with van der Waals surface area (Å²) >= 11 is 0. The van der Waals surface area contributed by atoms with E-state index in [-0.39, 0.29) is 18.3 Å². The van der Waals surface area contributed by atoms with Gasteiger partial charge in [0.15, 0.2) is 0 Å². The van der Waals surface area contributed by atoms with E-state index in [4.69, 9.17) is 9.84 Å². The predicted octanol–water partition coefficient (Wildman–Crippen LogP) is 0.298. The van der Waals surface area contributed by atoms with Crippen molar-refractivity contribution in [1.82, 2.24) is 9.80 Å². The number of β-amino-alcohol motifs (C(OH)–C–C–N with tert-alkyl or cyclic N) is 1. The second-order valence-electron chi connectivity index (χ2n) is 5.04. The number of aromatic hydroxyl groups is 1. The number of ether oxygens (including phenoxy) is 1. The van der Waals surface area contributed by atoms with Crippen LogP contribution >= 0.6 is 0 Å². The molecule has 1 saturated heterocycles. The van der Waals surface area contributed by atoms with Gasteiger partial charge in [0.25, 0.3) is 0 Å². The van der Waals surface area contributed by atoms with Crippen molar-refractivity contribution in [3.8, 4) is 11.5 Å². The van der Waals surface area contributed by atoms with Crippen LogP contribution in [0, 0.1) is 0 Å². The maximum atomic E-state index is 12.0. The molecule has 6 heteroatoms. The molecule has 0 bridgehead atoms. The van der Waals surface area contributed by atoms with Gasteiger partial charge in [-0.1, -0.05) is 6.07 Å². The molecule has 0 atom stereocenters. The number of piperazine rings is 1. The Balaban J connectivity index is 1.68. The zero-order valence-electron chi connectivity index (χ0n) is 12.1. The van der Waals surface area contributed by atoms with Crippen molar-refractivity contribution < 1.29 is 19.7 Å². The summed E-state index contributed by atoms with van der Waals surface area (Å²) in [6, 6.07) is 6.55. The van der Waals surface area contributed by atoms with Gasteiger partial charge in [-0.25, -0.2) is 0 Å². The molecule has 0 spiro atoms. The van der Waals surface area contributed by atoms with Gasteiger partial charge >= 0.3 is 0 Å². The van der Waals surface area contributed by atoms with Gasteiger partial charge in [0.1, 0.15) is 11.5 Å². The maximum absolute atomic E-state index is 12.0. The molecule has 0 aromatic heterocycles. The highest BCUT2D eigenvalue weighted by atomic mass is 16.5. The zero-order valence-corrected chi connectivity index (χ0v) is 12.1. The quantitative estimate of drug-likeness (QED) is 0.789. The van der Waals surface area contributed by atoms with Crippen molar-refractivity contribution in [2.24, 2.45) is 0 Å². The summed E-state index contributed by atoms with van der Waals surface area (Å²) in [5, 5.41) is 18.2. The second-order valence-corrected chi connectivity index (χ2v) is 5.04. The minimum atomic E-state index is 0.0822. The monoisotopic (exact) mass is 294 g/mol. The fourth-order valence-corrected chi connectivity index (χ4v) is 2.35. The molecule has 1 amide bonds. The van der Waals surface area contributed by atoms with Gasteiger partial charge < -0.3 is 19.8 Å². The molecule has 21 heavy (non-hydrogen) atoms. The number of phenolic OH excluding ortho intramolecular Hbond substituents is 1. The van der Waals surface area contributed by atoms with Gasteiger partial charge in [-0.15, -0.1) is 0 Å². The predicted molar refractivity (Wildman–Crippen MR) is 78.3 cm³/mol. The van der Waals surface area contributed by atoms with Gasteiger partial charge in [-0.05, 0) is 12.1 Å². The van der Waals surface area contributed by atoms with Gasteiger partial charge in [0.05, 0.1) is 19.6 Å². The maximum Gasteiger partial charge on any atom is 0.226 e. The van der Waals surface area contributed by atoms with E-state index in [2.05, 4.69) is 4.90 Å². The van der Waals surface area contributed by atoms with Crippen LogP contribution in [0.2, 0.25) is 0 Å². The number of aliphatic hydroxyl groups is 1. The van der Waals surface area contributed by atoms with Crippen LogP contribution in [0.5, 0.6) is 11.5 Å². The number of benzene rings is 1. The summed E-state index contributed by atoms with van der Waals surface area (Å²) < 4.78 is 5.46. The van der Waals surface area contributed by atoms with Crippen LogP contribution in [0.1, 0.15) is 6.42 Å². The van der Waals surface area contributed by atoms with Gasteiger partial charge in [0.2, 0.25) is 5.91 Å². The Bertz CT molecular complexity index is 459. The molecule has 1 heterocycles. The lowest BCUT2D eigenvalue weighted by atomic mass is 10.3. The fourth-order valence-electron chi connectivity index (χ4n) is 2.35. The molecule has 0 radical (unpaired) electrons. The average Bonchev–Trinajstić information content (AvgIpc) is 2.48. The topological polar surface area (TPSA) is 73.2 Å². The summed E-state index contributed by atoms with van der Waals surface area (Å²) in [5.41, 5.74) is 0. The molecule has 1 aromatic carbocycles. The van der Waals surface area contributed by atoms with Gasteiger partial charge in [0, 0.05) is 38.8 Å². The molecule has 0 saturated carbocycles. The van der Waals surface area contributed by atoms with Crippen LogP contribution in [-0.2, 0) is 4.79 Å². The van der Waals surface area contributed by atoms with Crippen molar-refractivity contribution >= 4 is 5.91 Å². The van der Waals surface area contributed by atoms with Crippen LogP contribution < -0.4 is 4.74 Å². The van der Waals surface area contributed by atoms with Crippen LogP contribution in [-0.4, -0.2) is 71.9 Å². The third-order valence-corrected chi connectivity index (χ3v) is 3.54. The fraction of sp³-hybridized carbons (Fsp3) is 0.533. The molecule has 0 aliphatic carbocycles. The SMILES string of the molecule is O=C(CCOc1cccc(O)c1)N1CCN(CCO)CC1. The highest BCUT2D eigenvalue weighted by Gasteiger charge is 2.20. The number of hydrogen-bond acceptors (Lipinski definition) is 5. The molecule has 1 aliphatic rings. The Morgan fingerprint density at radius 1 is 1.24 bits per heavy atom. The number of carbonyl (C=O) groups is 1. The third-order valence-electron chi connectivity index (χ3n) is 3.54. The summed E-state index contributed by atoms with van der Waals surface area (Å²) in [4.78, 5) is 16.0. The molecule has 6 nitrogen and oxygen atoms in total. The first-order chi connectivity index (χ1) is 10.2. The molecular formula is C15H22N2O4. The number of hydrogen-bond donors (Lipinski definition) is 2. The smallest absolute Gasteiger partial charge is 0.226 e. The second kappa shape index (κ2) is 7.85. The van der Waals surface area contributed by atoms with Crippen LogP contribution in [0.4, 0.5) is 0 Å². The lowest BCUT2D eigenvalue weighted by Gasteiger charge is -2.34. The van der Waals surface area contributed by atoms with E-state index in [1.807, 2.05) is 4.90 Å². The van der Waals surface area contributed by atoms with E-state index in [1.165, 1.54) is 6.07 Å². The number of nitrogens with zero attached hydrogens (tertiary/aromatic N) is 2. The third kappa shape index (κ3) is 4.91. The zero-order chi connectivity index (χ0) is 15.1. The van der Waals surface area contributed by atoms with Gasteiger partial charge in [-0.2, -0.15) is 0 Å². The number of carbonyl (C=O) groups excluding carboxylic acids is 1. The molecule has 1 aromatic rings. The van der Waals surface area contributed by atoms with Crippen molar-refractivity contribution in [3.63, 3.8) is 0 Å². The number of rotatable bonds is 6. The molecule has 1 aliphatic heterocycles. The Labute approximate surface area is 124 Å². The molecule has 0 unspecified atom stereocenters. The van der Waals surface area contributed by atoms with Gasteiger partial charge in [-0.3, -0.25) is 9.69 Å². The van der Waals surface area contributed by atoms with Crippen LogP contribution in [0.3, 0.4) is 0 Å². The van der Waals surface area contributed by atoms with Crippen molar-refractivity contribution in [2.45, 2.75) is 6.42 Å². The molecular weight excluding hydrogens is 272 g/mol. The van der Waals surface area contributed by atoms with E-state index < -0.39 is 0 Å². The summed E-state index contributed by atoms with van der Waals surface area (Å²) in [7, 11) is 0. The number of phenols is 1. The first kappa shape index (κ1) is 15.6. The van der Waals surface area contributed by atoms with E-state index in [9.17, 15) is 9.90 Å². The Morgan fingerprint density at radius 2 is 2.00 bits per heavy atom. The van der Waals surface area contributed by atoms with Crippen LogP contribution in [0.15, 0.2) is 24.3 Å². The first-order valence-corrected chi connectivity index (χ1v) is 7.22. The first-order valence-electron chi connectivity index (χ1n) is 7.22. The van der Waals surface area contributed by atoms with Crippen molar-refractivity contribution in [2.75, 3.05) is 45.9 Å². The van der Waals surface area contributed by atoms with Crippen molar-refractivity contribution in [3.05, 3.63) is 24.3 Å². The highest BCUT2D eigenvalue weighted by molar-refractivity contribution is 5.76. The van der Waals surface area contributed by atoms with E-state index in [1.54, 1.807) is 18.2 Å².